The number of carbonyl (C=O) groups is 1. The van der Waals surface area contributed by atoms with Crippen molar-refractivity contribution in [3.63, 3.8) is 0 Å². The number of fused-ring (bicyclic) bond motifs is 2. The van der Waals surface area contributed by atoms with Crippen LogP contribution in [0, 0.1) is 11.3 Å². The number of benzene rings is 7. The van der Waals surface area contributed by atoms with E-state index in [1.807, 2.05) is 66.7 Å². The minimum Gasteiger partial charge on any atom is -0.309 e. The topological polar surface area (TPSA) is 44.1 Å². The highest BCUT2D eigenvalue weighted by Crippen LogP contribution is 2.45. The van der Waals surface area contributed by atoms with Crippen molar-refractivity contribution < 1.29 is 4.79 Å². The Kier molecular flexibility index (Phi) is 7.37. The summed E-state index contributed by atoms with van der Waals surface area (Å²) in [5.74, 6) is -0.0451. The maximum absolute atomic E-state index is 14.5. The Balaban J connectivity index is 1.49. The summed E-state index contributed by atoms with van der Waals surface area (Å²) in [5, 5.41) is 14.7. The van der Waals surface area contributed by atoms with Crippen LogP contribution in [0.1, 0.15) is 21.5 Å². The molecule has 48 heavy (non-hydrogen) atoms. The lowest BCUT2D eigenvalue weighted by Gasteiger charge is -2.45. The van der Waals surface area contributed by atoms with E-state index in [2.05, 4.69) is 126 Å². The van der Waals surface area contributed by atoms with E-state index in [0.29, 0.717) is 16.7 Å². The van der Waals surface area contributed by atoms with Crippen LogP contribution < -0.4 is 25.6 Å². The summed E-state index contributed by atoms with van der Waals surface area (Å²) in [4.78, 5) is 16.8. The SMILES string of the molecule is N#Cc1ccc(-c2cccc(C(=O)c3ccccc3)c2N2c3ccccc3[Si](c3ccccc3)(c3ccccc3)c3ccccc32)cc1. The molecule has 0 amide bonds. The number of ketones is 1. The molecule has 3 nitrogen and oxygen atoms in total. The zero-order valence-corrected chi connectivity index (χ0v) is 27.1. The standard InChI is InChI=1S/C44H30N2OSi/c45-31-32-27-29-33(30-28-32)37-21-14-22-38(44(47)34-15-4-1-5-16-34)43(37)46-39-23-10-12-25-41(39)48(35-17-6-2-7-18-35,36-19-8-3-9-20-36)42-26-13-11-24-40(42)46/h1-30H. The summed E-state index contributed by atoms with van der Waals surface area (Å²) >= 11 is 0. The van der Waals surface area contributed by atoms with E-state index in [-0.39, 0.29) is 5.78 Å². The number of carbonyl (C=O) groups excluding carboxylic acids is 1. The van der Waals surface area contributed by atoms with Gasteiger partial charge in [-0.05, 0) is 56.6 Å². The van der Waals surface area contributed by atoms with Crippen molar-refractivity contribution in [1.82, 2.24) is 0 Å². The summed E-state index contributed by atoms with van der Waals surface area (Å²) in [6.45, 7) is 0. The molecule has 8 rings (SSSR count). The van der Waals surface area contributed by atoms with Crippen LogP contribution in [0.25, 0.3) is 11.1 Å². The first kappa shape index (κ1) is 29.1. The Bertz CT molecular complexity index is 2220. The zero-order chi connectivity index (χ0) is 32.5. The number of nitrogens with zero attached hydrogens (tertiary/aromatic N) is 2. The second kappa shape index (κ2) is 12.1. The van der Waals surface area contributed by atoms with Crippen molar-refractivity contribution in [3.8, 4) is 17.2 Å². The molecule has 0 aromatic heterocycles. The largest absolute Gasteiger partial charge is 0.309 e. The molecule has 0 radical (unpaired) electrons. The number of nitriles is 1. The molecule has 226 valence electrons. The molecule has 1 aliphatic rings. The Morgan fingerprint density at radius 1 is 0.521 bits per heavy atom. The Morgan fingerprint density at radius 3 is 1.56 bits per heavy atom. The van der Waals surface area contributed by atoms with Crippen molar-refractivity contribution in [1.29, 1.82) is 5.26 Å². The highest BCUT2D eigenvalue weighted by Gasteiger charge is 2.49. The molecule has 0 bridgehead atoms. The van der Waals surface area contributed by atoms with Gasteiger partial charge in [-0.1, -0.05) is 152 Å². The highest BCUT2D eigenvalue weighted by molar-refractivity contribution is 7.21. The number of para-hydroxylation sites is 3. The van der Waals surface area contributed by atoms with E-state index in [4.69, 9.17) is 0 Å². The summed E-state index contributed by atoms with van der Waals surface area (Å²) in [6, 6.07) is 64.6. The van der Waals surface area contributed by atoms with Gasteiger partial charge in [0.1, 0.15) is 0 Å². The summed E-state index contributed by atoms with van der Waals surface area (Å²) in [6.07, 6.45) is 0. The van der Waals surface area contributed by atoms with Gasteiger partial charge < -0.3 is 4.90 Å². The second-order valence-electron chi connectivity index (χ2n) is 11.9. The first-order valence-electron chi connectivity index (χ1n) is 16.1. The number of hydrogen-bond donors (Lipinski definition) is 0. The summed E-state index contributed by atoms with van der Waals surface area (Å²) in [7, 11) is -2.83. The normalized spacial score (nSPS) is 12.8. The van der Waals surface area contributed by atoms with E-state index >= 15 is 0 Å². The molecule has 0 fully saturated rings. The van der Waals surface area contributed by atoms with Gasteiger partial charge >= 0.3 is 0 Å². The molecule has 4 heteroatoms. The summed E-state index contributed by atoms with van der Waals surface area (Å²) in [5.41, 5.74) is 6.61. The van der Waals surface area contributed by atoms with Gasteiger partial charge in [0.25, 0.3) is 0 Å². The molecule has 0 spiro atoms. The first-order chi connectivity index (χ1) is 23.7. The van der Waals surface area contributed by atoms with Crippen LogP contribution in [0.15, 0.2) is 182 Å². The zero-order valence-electron chi connectivity index (χ0n) is 26.1. The highest BCUT2D eigenvalue weighted by atomic mass is 28.3. The lowest BCUT2D eigenvalue weighted by Crippen LogP contribution is -2.77. The molecule has 0 saturated heterocycles. The maximum atomic E-state index is 14.5. The molecule has 0 atom stereocenters. The fraction of sp³-hybridized carbons (Fsp3) is 0. The number of anilines is 3. The smallest absolute Gasteiger partial charge is 0.195 e. The van der Waals surface area contributed by atoms with Crippen LogP contribution in [0.3, 0.4) is 0 Å². The predicted octanol–water partition coefficient (Wildman–Crippen LogP) is 7.62. The van der Waals surface area contributed by atoms with Gasteiger partial charge in [-0.25, -0.2) is 0 Å². The number of rotatable bonds is 6. The third-order valence-corrected chi connectivity index (χ3v) is 14.2. The second-order valence-corrected chi connectivity index (χ2v) is 15.7. The Morgan fingerprint density at radius 2 is 1.02 bits per heavy atom. The van der Waals surface area contributed by atoms with Gasteiger partial charge in [-0.2, -0.15) is 5.26 Å². The van der Waals surface area contributed by atoms with Crippen LogP contribution in [0.2, 0.25) is 0 Å². The average Bonchev–Trinajstić information content (AvgIpc) is 3.17. The third kappa shape index (κ3) is 4.60. The maximum Gasteiger partial charge on any atom is 0.195 e. The average molecular weight is 631 g/mol. The molecule has 0 unspecified atom stereocenters. The molecule has 0 aliphatic carbocycles. The van der Waals surface area contributed by atoms with Crippen molar-refractivity contribution in [2.24, 2.45) is 0 Å². The quantitative estimate of drug-likeness (QED) is 0.140. The van der Waals surface area contributed by atoms with Gasteiger partial charge in [0, 0.05) is 28.1 Å². The first-order valence-corrected chi connectivity index (χ1v) is 18.1. The summed E-state index contributed by atoms with van der Waals surface area (Å²) < 4.78 is 0. The van der Waals surface area contributed by atoms with Crippen molar-refractivity contribution in [2.45, 2.75) is 0 Å². The Labute approximate surface area is 281 Å². The van der Waals surface area contributed by atoms with Crippen LogP contribution in [-0.4, -0.2) is 13.9 Å². The van der Waals surface area contributed by atoms with Crippen molar-refractivity contribution in [3.05, 3.63) is 199 Å². The van der Waals surface area contributed by atoms with Crippen molar-refractivity contribution in [2.75, 3.05) is 4.90 Å². The van der Waals surface area contributed by atoms with Crippen LogP contribution in [-0.2, 0) is 0 Å². The molecule has 1 heterocycles. The van der Waals surface area contributed by atoms with Crippen LogP contribution >= 0.6 is 0 Å². The fourth-order valence-electron chi connectivity index (χ4n) is 7.32. The molecule has 0 saturated carbocycles. The number of hydrogen-bond acceptors (Lipinski definition) is 3. The molecule has 0 N–H and O–H groups in total. The monoisotopic (exact) mass is 630 g/mol. The lowest BCUT2D eigenvalue weighted by molar-refractivity contribution is 0.103. The minimum atomic E-state index is -2.83. The van der Waals surface area contributed by atoms with Crippen LogP contribution in [0.5, 0.6) is 0 Å². The molecular weight excluding hydrogens is 601 g/mol. The third-order valence-electron chi connectivity index (χ3n) is 9.38. The van der Waals surface area contributed by atoms with E-state index < -0.39 is 8.07 Å². The van der Waals surface area contributed by atoms with E-state index in [0.717, 1.165) is 28.2 Å². The fourth-order valence-corrected chi connectivity index (χ4v) is 12.4. The minimum absolute atomic E-state index is 0.0451. The van der Waals surface area contributed by atoms with Crippen molar-refractivity contribution >= 4 is 51.7 Å². The van der Waals surface area contributed by atoms with Crippen LogP contribution in [0.4, 0.5) is 17.1 Å². The van der Waals surface area contributed by atoms with Gasteiger partial charge in [0.05, 0.1) is 17.3 Å². The molecule has 7 aromatic carbocycles. The van der Waals surface area contributed by atoms with E-state index in [1.165, 1.54) is 20.7 Å². The lowest BCUT2D eigenvalue weighted by atomic mass is 9.93. The van der Waals surface area contributed by atoms with Gasteiger partial charge in [-0.3, -0.25) is 4.79 Å². The predicted molar refractivity (Wildman–Crippen MR) is 198 cm³/mol. The van der Waals surface area contributed by atoms with Gasteiger partial charge in [0.15, 0.2) is 13.9 Å². The van der Waals surface area contributed by atoms with Gasteiger partial charge in [0.2, 0.25) is 0 Å². The Hall–Kier alpha value is -6.28. The van der Waals surface area contributed by atoms with Gasteiger partial charge in [-0.15, -0.1) is 0 Å². The molecule has 7 aromatic rings. The molecule has 1 aliphatic heterocycles. The molecular formula is C44H30N2OSi. The van der Waals surface area contributed by atoms with E-state index in [1.54, 1.807) is 0 Å². The van der Waals surface area contributed by atoms with E-state index in [9.17, 15) is 10.1 Å².